The van der Waals surface area contributed by atoms with E-state index >= 15 is 0 Å². The van der Waals surface area contributed by atoms with E-state index in [4.69, 9.17) is 16.3 Å². The van der Waals surface area contributed by atoms with Crippen molar-refractivity contribution < 1.29 is 14.3 Å². The average molecular weight is 415 g/mol. The molecule has 7 nitrogen and oxygen atoms in total. The molecule has 2 aromatic rings. The van der Waals surface area contributed by atoms with Gasteiger partial charge in [0.05, 0.1) is 12.6 Å². The first-order valence-corrected chi connectivity index (χ1v) is 9.31. The molecule has 1 aromatic carbocycles. The Morgan fingerprint density at radius 3 is 2.52 bits per heavy atom. The number of aromatic nitrogens is 1. The van der Waals surface area contributed by atoms with Crippen molar-refractivity contribution in [2.75, 3.05) is 13.7 Å². The second-order valence-corrected chi connectivity index (χ2v) is 7.02. The number of hydrogen-bond donors (Lipinski definition) is 2. The lowest BCUT2D eigenvalue weighted by Crippen LogP contribution is -2.42. The number of amides is 2. The Bertz CT molecular complexity index is 971. The minimum Gasteiger partial charge on any atom is -0.383 e. The first-order chi connectivity index (χ1) is 13.8. The van der Waals surface area contributed by atoms with Crippen LogP contribution in [0.1, 0.15) is 40.3 Å². The van der Waals surface area contributed by atoms with Gasteiger partial charge in [0, 0.05) is 29.1 Å². The van der Waals surface area contributed by atoms with Gasteiger partial charge >= 0.3 is 0 Å². The maximum Gasteiger partial charge on any atom is 0.280 e. The van der Waals surface area contributed by atoms with Gasteiger partial charge in [0.1, 0.15) is 11.6 Å². The molecule has 0 saturated carbocycles. The van der Waals surface area contributed by atoms with Crippen molar-refractivity contribution in [2.45, 2.75) is 26.8 Å². The fraction of sp³-hybridized carbons (Fsp3) is 0.286. The molecule has 0 aliphatic heterocycles. The average Bonchev–Trinajstić information content (AvgIpc) is 2.97. The zero-order valence-corrected chi connectivity index (χ0v) is 17.5. The van der Waals surface area contributed by atoms with Crippen molar-refractivity contribution in [1.29, 1.82) is 5.26 Å². The Morgan fingerprint density at radius 2 is 1.93 bits per heavy atom. The van der Waals surface area contributed by atoms with Gasteiger partial charge in [0.2, 0.25) is 0 Å². The minimum atomic E-state index is -0.704. The summed E-state index contributed by atoms with van der Waals surface area (Å²) >= 11 is 5.79. The number of rotatable bonds is 6. The van der Waals surface area contributed by atoms with E-state index in [0.29, 0.717) is 17.2 Å². The van der Waals surface area contributed by atoms with Gasteiger partial charge in [0.15, 0.2) is 0 Å². The Labute approximate surface area is 174 Å². The SMILES string of the molecule is COCC(C)n1c(C)cc(/C=C(\C#N)C(=O)NNC(=O)c2ccc(Cl)cc2)c1C. The van der Waals surface area contributed by atoms with E-state index in [1.165, 1.54) is 18.2 Å². The molecule has 8 heteroatoms. The van der Waals surface area contributed by atoms with Gasteiger partial charge in [-0.2, -0.15) is 5.26 Å². The largest absolute Gasteiger partial charge is 0.383 e. The molecule has 1 heterocycles. The first-order valence-electron chi connectivity index (χ1n) is 8.93. The summed E-state index contributed by atoms with van der Waals surface area (Å²) in [6, 6.07) is 10.1. The Morgan fingerprint density at radius 1 is 1.28 bits per heavy atom. The van der Waals surface area contributed by atoms with Crippen LogP contribution < -0.4 is 10.9 Å². The van der Waals surface area contributed by atoms with E-state index in [2.05, 4.69) is 15.4 Å². The summed E-state index contributed by atoms with van der Waals surface area (Å²) in [5.41, 5.74) is 7.41. The number of methoxy groups -OCH3 is 1. The van der Waals surface area contributed by atoms with Crippen LogP contribution in [0.4, 0.5) is 0 Å². The van der Waals surface area contributed by atoms with Gasteiger partial charge in [-0.3, -0.25) is 20.4 Å². The fourth-order valence-electron chi connectivity index (χ4n) is 3.10. The number of hydrazine groups is 1. The summed E-state index contributed by atoms with van der Waals surface area (Å²) in [6.45, 7) is 6.44. The smallest absolute Gasteiger partial charge is 0.280 e. The van der Waals surface area contributed by atoms with Crippen molar-refractivity contribution >= 4 is 29.5 Å². The van der Waals surface area contributed by atoms with Crippen LogP contribution in [0.3, 0.4) is 0 Å². The lowest BCUT2D eigenvalue weighted by Gasteiger charge is -2.17. The molecule has 0 radical (unpaired) electrons. The standard InChI is InChI=1S/C21H23ClN4O3/c1-13-9-17(15(3)26(13)14(2)12-29-4)10-18(11-23)21(28)25-24-20(27)16-5-7-19(22)8-6-16/h5-10,14H,12H2,1-4H3,(H,24,27)(H,25,28)/b18-10+. The third-order valence-corrected chi connectivity index (χ3v) is 4.69. The van der Waals surface area contributed by atoms with Crippen molar-refractivity contribution in [3.63, 3.8) is 0 Å². The monoisotopic (exact) mass is 414 g/mol. The molecule has 0 aliphatic rings. The number of halogens is 1. The quantitative estimate of drug-likeness (QED) is 0.430. The highest BCUT2D eigenvalue weighted by molar-refractivity contribution is 6.30. The fourth-order valence-corrected chi connectivity index (χ4v) is 3.23. The van der Waals surface area contributed by atoms with Crippen LogP contribution in [0.15, 0.2) is 35.9 Å². The molecule has 2 amide bonds. The number of ether oxygens (including phenoxy) is 1. The highest BCUT2D eigenvalue weighted by Crippen LogP contribution is 2.22. The zero-order valence-electron chi connectivity index (χ0n) is 16.7. The molecule has 0 spiro atoms. The van der Waals surface area contributed by atoms with Gasteiger partial charge in [-0.1, -0.05) is 11.6 Å². The van der Waals surface area contributed by atoms with Crippen molar-refractivity contribution in [3.8, 4) is 6.07 Å². The lowest BCUT2D eigenvalue weighted by atomic mass is 10.1. The van der Waals surface area contributed by atoms with Gasteiger partial charge in [-0.05, 0) is 62.7 Å². The van der Waals surface area contributed by atoms with E-state index in [1.807, 2.05) is 32.9 Å². The Hall–Kier alpha value is -3.08. The molecule has 29 heavy (non-hydrogen) atoms. The molecule has 0 fully saturated rings. The molecule has 1 aromatic heterocycles. The summed E-state index contributed by atoms with van der Waals surface area (Å²) in [5.74, 6) is -1.22. The number of carbonyl (C=O) groups is 2. The second-order valence-electron chi connectivity index (χ2n) is 6.59. The number of nitrogens with zero attached hydrogens (tertiary/aromatic N) is 2. The zero-order chi connectivity index (χ0) is 21.6. The minimum absolute atomic E-state index is 0.111. The van der Waals surface area contributed by atoms with Gasteiger partial charge < -0.3 is 9.30 Å². The summed E-state index contributed by atoms with van der Waals surface area (Å²) in [6.07, 6.45) is 1.50. The highest BCUT2D eigenvalue weighted by Gasteiger charge is 2.16. The predicted molar refractivity (Wildman–Crippen MR) is 111 cm³/mol. The summed E-state index contributed by atoms with van der Waals surface area (Å²) in [4.78, 5) is 24.4. The lowest BCUT2D eigenvalue weighted by molar-refractivity contribution is -0.117. The van der Waals surface area contributed by atoms with Crippen LogP contribution >= 0.6 is 11.6 Å². The summed E-state index contributed by atoms with van der Waals surface area (Å²) < 4.78 is 7.30. The number of benzene rings is 1. The normalized spacial score (nSPS) is 12.2. The molecule has 1 unspecified atom stereocenters. The van der Waals surface area contributed by atoms with Crippen LogP contribution in [0, 0.1) is 25.2 Å². The topological polar surface area (TPSA) is 96.2 Å². The van der Waals surface area contributed by atoms with Crippen LogP contribution in [0.5, 0.6) is 0 Å². The third-order valence-electron chi connectivity index (χ3n) is 4.43. The van der Waals surface area contributed by atoms with Crippen molar-refractivity contribution in [1.82, 2.24) is 15.4 Å². The molecule has 2 rings (SSSR count). The van der Waals surface area contributed by atoms with E-state index in [-0.39, 0.29) is 11.6 Å². The summed E-state index contributed by atoms with van der Waals surface area (Å²) in [5, 5.41) is 9.90. The predicted octanol–water partition coefficient (Wildman–Crippen LogP) is 3.33. The Kier molecular flexibility index (Phi) is 7.59. The first kappa shape index (κ1) is 22.2. The molecule has 152 valence electrons. The molecule has 2 N–H and O–H groups in total. The molecular formula is C21H23ClN4O3. The van der Waals surface area contributed by atoms with E-state index in [1.54, 1.807) is 19.2 Å². The van der Waals surface area contributed by atoms with Crippen LogP contribution in [0.2, 0.25) is 5.02 Å². The third kappa shape index (κ3) is 5.47. The maximum absolute atomic E-state index is 12.3. The molecular weight excluding hydrogens is 392 g/mol. The Balaban J connectivity index is 2.14. The van der Waals surface area contributed by atoms with Gasteiger partial charge in [-0.15, -0.1) is 0 Å². The number of nitriles is 1. The molecule has 0 bridgehead atoms. The van der Waals surface area contributed by atoms with Crippen molar-refractivity contribution in [3.05, 3.63) is 63.4 Å². The van der Waals surface area contributed by atoms with Crippen LogP contribution in [0.25, 0.3) is 6.08 Å². The number of aryl methyl sites for hydroxylation is 1. The van der Waals surface area contributed by atoms with Crippen LogP contribution in [-0.4, -0.2) is 30.1 Å². The van der Waals surface area contributed by atoms with E-state index in [9.17, 15) is 14.9 Å². The van der Waals surface area contributed by atoms with Crippen LogP contribution in [-0.2, 0) is 9.53 Å². The summed E-state index contributed by atoms with van der Waals surface area (Å²) in [7, 11) is 1.64. The number of carbonyl (C=O) groups excluding carboxylic acids is 2. The highest BCUT2D eigenvalue weighted by atomic mass is 35.5. The number of nitrogens with one attached hydrogen (secondary N) is 2. The molecule has 1 atom stereocenters. The van der Waals surface area contributed by atoms with E-state index < -0.39 is 11.8 Å². The number of hydrogen-bond acceptors (Lipinski definition) is 4. The molecule has 0 saturated heterocycles. The maximum atomic E-state index is 12.3. The van der Waals surface area contributed by atoms with E-state index in [0.717, 1.165) is 17.0 Å². The van der Waals surface area contributed by atoms with Gasteiger partial charge in [0.25, 0.3) is 11.8 Å². The van der Waals surface area contributed by atoms with Crippen molar-refractivity contribution in [2.24, 2.45) is 0 Å². The van der Waals surface area contributed by atoms with Gasteiger partial charge in [-0.25, -0.2) is 0 Å². The second kappa shape index (κ2) is 9.92. The molecule has 0 aliphatic carbocycles.